The molecule has 0 saturated heterocycles. The number of nitrogens with one attached hydrogen (secondary N) is 1. The van der Waals surface area contributed by atoms with E-state index in [0.717, 1.165) is 18.1 Å². The molecule has 1 aromatic heterocycles. The summed E-state index contributed by atoms with van der Waals surface area (Å²) in [5.41, 5.74) is 0. The van der Waals surface area contributed by atoms with E-state index in [1.165, 1.54) is 0 Å². The van der Waals surface area contributed by atoms with Crippen LogP contribution in [0.15, 0.2) is 0 Å². The Morgan fingerprint density at radius 2 is 2.29 bits per heavy atom. The molecule has 0 saturated carbocycles. The standard InChI is InChI=1S/C10H16N4/c1-5-9(6-2)11-7-10-13-12-8(3)14(10)4/h1,9,11H,6-7H2,2-4H3. The van der Waals surface area contributed by atoms with E-state index in [4.69, 9.17) is 6.42 Å². The highest BCUT2D eigenvalue weighted by atomic mass is 15.3. The van der Waals surface area contributed by atoms with Crippen molar-refractivity contribution in [1.82, 2.24) is 20.1 Å². The Bertz CT molecular complexity index is 334. The van der Waals surface area contributed by atoms with Gasteiger partial charge in [0.15, 0.2) is 0 Å². The Balaban J connectivity index is 2.54. The zero-order chi connectivity index (χ0) is 10.6. The minimum absolute atomic E-state index is 0.118. The first-order chi connectivity index (χ1) is 6.69. The van der Waals surface area contributed by atoms with Crippen molar-refractivity contribution in [2.45, 2.75) is 32.9 Å². The Morgan fingerprint density at radius 3 is 2.71 bits per heavy atom. The van der Waals surface area contributed by atoms with E-state index in [0.29, 0.717) is 6.54 Å². The topological polar surface area (TPSA) is 42.7 Å². The number of aryl methyl sites for hydroxylation is 1. The quantitative estimate of drug-likeness (QED) is 0.711. The van der Waals surface area contributed by atoms with E-state index in [1.54, 1.807) is 0 Å². The van der Waals surface area contributed by atoms with Crippen LogP contribution in [0.5, 0.6) is 0 Å². The molecule has 76 valence electrons. The maximum absolute atomic E-state index is 5.34. The van der Waals surface area contributed by atoms with Crippen LogP contribution in [-0.4, -0.2) is 20.8 Å². The molecule has 4 heteroatoms. The molecule has 1 rings (SSSR count). The van der Waals surface area contributed by atoms with Crippen LogP contribution in [0.1, 0.15) is 25.0 Å². The van der Waals surface area contributed by atoms with Crippen LogP contribution in [0.25, 0.3) is 0 Å². The molecule has 0 bridgehead atoms. The summed E-state index contributed by atoms with van der Waals surface area (Å²) in [6, 6.07) is 0.118. The van der Waals surface area contributed by atoms with E-state index in [2.05, 4.69) is 28.4 Å². The Kier molecular flexibility index (Phi) is 3.66. The fraction of sp³-hybridized carbons (Fsp3) is 0.600. The summed E-state index contributed by atoms with van der Waals surface area (Å²) >= 11 is 0. The Hall–Kier alpha value is -1.34. The van der Waals surface area contributed by atoms with Gasteiger partial charge in [0.25, 0.3) is 0 Å². The van der Waals surface area contributed by atoms with E-state index in [-0.39, 0.29) is 6.04 Å². The van der Waals surface area contributed by atoms with Gasteiger partial charge >= 0.3 is 0 Å². The van der Waals surface area contributed by atoms with Crippen molar-refractivity contribution in [3.63, 3.8) is 0 Å². The van der Waals surface area contributed by atoms with Crippen LogP contribution in [-0.2, 0) is 13.6 Å². The van der Waals surface area contributed by atoms with E-state index >= 15 is 0 Å². The molecule has 4 nitrogen and oxygen atoms in total. The molecule has 1 atom stereocenters. The van der Waals surface area contributed by atoms with E-state index in [1.807, 2.05) is 18.5 Å². The highest BCUT2D eigenvalue weighted by Crippen LogP contribution is 1.98. The third kappa shape index (κ3) is 2.33. The second-order valence-corrected chi connectivity index (χ2v) is 3.23. The number of hydrogen-bond acceptors (Lipinski definition) is 3. The van der Waals surface area contributed by atoms with Gasteiger partial charge < -0.3 is 4.57 Å². The maximum Gasteiger partial charge on any atom is 0.146 e. The molecule has 1 N–H and O–H groups in total. The van der Waals surface area contributed by atoms with Gasteiger partial charge in [-0.2, -0.15) is 0 Å². The molecule has 0 aliphatic heterocycles. The summed E-state index contributed by atoms with van der Waals surface area (Å²) in [6.45, 7) is 4.65. The van der Waals surface area contributed by atoms with Crippen molar-refractivity contribution in [1.29, 1.82) is 0 Å². The van der Waals surface area contributed by atoms with Gasteiger partial charge in [0.05, 0.1) is 12.6 Å². The number of aromatic nitrogens is 3. The van der Waals surface area contributed by atoms with Gasteiger partial charge in [0.2, 0.25) is 0 Å². The number of terminal acetylenes is 1. The highest BCUT2D eigenvalue weighted by Gasteiger charge is 2.06. The van der Waals surface area contributed by atoms with Crippen molar-refractivity contribution in [2.24, 2.45) is 7.05 Å². The zero-order valence-electron chi connectivity index (χ0n) is 8.91. The number of nitrogens with zero attached hydrogens (tertiary/aromatic N) is 3. The lowest BCUT2D eigenvalue weighted by Gasteiger charge is -2.09. The smallest absolute Gasteiger partial charge is 0.146 e. The molecule has 1 heterocycles. The molecule has 0 aliphatic carbocycles. The predicted molar refractivity (Wildman–Crippen MR) is 55.5 cm³/mol. The first kappa shape index (κ1) is 10.7. The van der Waals surface area contributed by atoms with Crippen LogP contribution in [0.2, 0.25) is 0 Å². The van der Waals surface area contributed by atoms with Crippen LogP contribution in [0.4, 0.5) is 0 Å². The van der Waals surface area contributed by atoms with Crippen LogP contribution >= 0.6 is 0 Å². The van der Waals surface area contributed by atoms with Crippen molar-refractivity contribution in [3.05, 3.63) is 11.6 Å². The van der Waals surface area contributed by atoms with Gasteiger partial charge in [0, 0.05) is 7.05 Å². The Morgan fingerprint density at radius 1 is 1.57 bits per heavy atom. The SMILES string of the molecule is C#CC(CC)NCc1nnc(C)n1C. The monoisotopic (exact) mass is 192 g/mol. The summed E-state index contributed by atoms with van der Waals surface area (Å²) in [6.07, 6.45) is 6.26. The molecule has 0 aromatic carbocycles. The summed E-state index contributed by atoms with van der Waals surface area (Å²) < 4.78 is 1.95. The van der Waals surface area contributed by atoms with Crippen molar-refractivity contribution >= 4 is 0 Å². The normalized spacial score (nSPS) is 12.4. The lowest BCUT2D eigenvalue weighted by Crippen LogP contribution is -2.27. The van der Waals surface area contributed by atoms with Gasteiger partial charge in [-0.15, -0.1) is 16.6 Å². The van der Waals surface area contributed by atoms with Gasteiger partial charge in [-0.1, -0.05) is 12.8 Å². The third-order valence-electron chi connectivity index (χ3n) is 2.30. The second kappa shape index (κ2) is 4.77. The molecule has 0 spiro atoms. The summed E-state index contributed by atoms with van der Waals surface area (Å²) in [5.74, 6) is 4.51. The Labute approximate surface area is 84.7 Å². The minimum atomic E-state index is 0.118. The lowest BCUT2D eigenvalue weighted by atomic mass is 10.2. The maximum atomic E-state index is 5.34. The molecule has 0 fully saturated rings. The average Bonchev–Trinajstić information content (AvgIpc) is 2.51. The van der Waals surface area contributed by atoms with Gasteiger partial charge in [-0.05, 0) is 13.3 Å². The van der Waals surface area contributed by atoms with Crippen LogP contribution < -0.4 is 5.32 Å². The molecule has 1 aromatic rings. The summed E-state index contributed by atoms with van der Waals surface area (Å²) in [7, 11) is 1.95. The van der Waals surface area contributed by atoms with Gasteiger partial charge in [0.1, 0.15) is 11.6 Å². The average molecular weight is 192 g/mol. The first-order valence-electron chi connectivity index (χ1n) is 4.73. The molecule has 0 aliphatic rings. The largest absolute Gasteiger partial charge is 0.317 e. The fourth-order valence-electron chi connectivity index (χ4n) is 1.14. The molecule has 0 amide bonds. The zero-order valence-corrected chi connectivity index (χ0v) is 8.91. The highest BCUT2D eigenvalue weighted by molar-refractivity contribution is 5.00. The van der Waals surface area contributed by atoms with Crippen molar-refractivity contribution in [3.8, 4) is 12.3 Å². The summed E-state index contributed by atoms with van der Waals surface area (Å²) in [5, 5.41) is 11.2. The lowest BCUT2D eigenvalue weighted by molar-refractivity contribution is 0.564. The predicted octanol–water partition coefficient (Wildman–Crippen LogP) is 0.625. The van der Waals surface area contributed by atoms with Gasteiger partial charge in [-0.25, -0.2) is 0 Å². The minimum Gasteiger partial charge on any atom is -0.317 e. The molecule has 14 heavy (non-hydrogen) atoms. The molecular formula is C10H16N4. The number of hydrogen-bond donors (Lipinski definition) is 1. The van der Waals surface area contributed by atoms with Crippen molar-refractivity contribution < 1.29 is 0 Å². The van der Waals surface area contributed by atoms with Crippen LogP contribution in [0, 0.1) is 19.3 Å². The second-order valence-electron chi connectivity index (χ2n) is 3.23. The molecule has 0 radical (unpaired) electrons. The molecular weight excluding hydrogens is 176 g/mol. The van der Waals surface area contributed by atoms with Crippen molar-refractivity contribution in [2.75, 3.05) is 0 Å². The first-order valence-corrected chi connectivity index (χ1v) is 4.73. The summed E-state index contributed by atoms with van der Waals surface area (Å²) in [4.78, 5) is 0. The van der Waals surface area contributed by atoms with Gasteiger partial charge in [-0.3, -0.25) is 5.32 Å². The fourth-order valence-corrected chi connectivity index (χ4v) is 1.14. The van der Waals surface area contributed by atoms with E-state index in [9.17, 15) is 0 Å². The van der Waals surface area contributed by atoms with Crippen LogP contribution in [0.3, 0.4) is 0 Å². The number of rotatable bonds is 4. The molecule has 1 unspecified atom stereocenters. The van der Waals surface area contributed by atoms with E-state index < -0.39 is 0 Å². The third-order valence-corrected chi connectivity index (χ3v) is 2.30.